The zero-order valence-electron chi connectivity index (χ0n) is 19.2. The van der Waals surface area contributed by atoms with Crippen LogP contribution in [-0.4, -0.2) is 31.0 Å². The summed E-state index contributed by atoms with van der Waals surface area (Å²) in [5, 5.41) is 19.4. The fourth-order valence-electron chi connectivity index (χ4n) is 3.72. The van der Waals surface area contributed by atoms with E-state index in [4.69, 9.17) is 0 Å². The van der Waals surface area contributed by atoms with Gasteiger partial charge in [0.15, 0.2) is 5.16 Å². The number of nitriles is 1. The normalized spacial score (nSPS) is 10.8. The molecule has 2 N–H and O–H groups in total. The van der Waals surface area contributed by atoms with Crippen LogP contribution in [0.15, 0.2) is 64.5 Å². The molecule has 0 unspecified atom stereocenters. The monoisotopic (exact) mass is 490 g/mol. The molecular weight excluding hydrogens is 467 g/mol. The Labute approximate surface area is 205 Å². The highest BCUT2D eigenvalue weighted by molar-refractivity contribution is 7.99. The fourth-order valence-corrected chi connectivity index (χ4v) is 4.46. The summed E-state index contributed by atoms with van der Waals surface area (Å²) in [4.78, 5) is 25.1. The first-order valence-electron chi connectivity index (χ1n) is 10.8. The number of H-pyrrole nitrogens is 1. The maximum Gasteiger partial charge on any atom is 0.344 e. The minimum absolute atomic E-state index is 0.0101. The highest BCUT2D eigenvalue weighted by Crippen LogP contribution is 2.28. The molecule has 2 aromatic carbocycles. The number of nitrogens with zero attached hydrogens (tertiary/aromatic N) is 4. The number of anilines is 1. The topological polar surface area (TPSA) is 108 Å². The van der Waals surface area contributed by atoms with Gasteiger partial charge in [0.05, 0.1) is 17.9 Å². The predicted molar refractivity (Wildman–Crippen MR) is 132 cm³/mol. The fraction of sp³-hybridized carbons (Fsp3) is 0.200. The van der Waals surface area contributed by atoms with Crippen LogP contribution in [0, 0.1) is 31.0 Å². The Morgan fingerprint density at radius 2 is 1.74 bits per heavy atom. The van der Waals surface area contributed by atoms with Gasteiger partial charge in [0.2, 0.25) is 5.91 Å². The van der Waals surface area contributed by atoms with Gasteiger partial charge in [-0.1, -0.05) is 54.2 Å². The molecular formula is C25H23FN6O2S. The minimum atomic E-state index is -0.358. The number of carbonyl (C=O) groups is 1. The molecule has 0 radical (unpaired) electrons. The van der Waals surface area contributed by atoms with E-state index >= 15 is 0 Å². The number of rotatable bonds is 8. The molecule has 0 aliphatic heterocycles. The Balaban J connectivity index is 1.51. The summed E-state index contributed by atoms with van der Waals surface area (Å²) in [6.45, 7) is 4.40. The van der Waals surface area contributed by atoms with Crippen LogP contribution in [0.1, 0.15) is 27.9 Å². The third kappa shape index (κ3) is 5.36. The highest BCUT2D eigenvalue weighted by atomic mass is 32.2. The number of hydrogen-bond acceptors (Lipinski definition) is 5. The number of aromatic nitrogens is 4. The maximum atomic E-state index is 13.3. The van der Waals surface area contributed by atoms with Gasteiger partial charge in [-0.3, -0.25) is 9.36 Å². The van der Waals surface area contributed by atoms with Crippen molar-refractivity contribution < 1.29 is 9.18 Å². The van der Waals surface area contributed by atoms with Gasteiger partial charge in [-0.05, 0) is 42.7 Å². The lowest BCUT2D eigenvalue weighted by atomic mass is 10.2. The zero-order chi connectivity index (χ0) is 24.9. The molecule has 0 aliphatic carbocycles. The van der Waals surface area contributed by atoms with Crippen molar-refractivity contribution in [3.8, 4) is 6.07 Å². The lowest BCUT2D eigenvalue weighted by Crippen LogP contribution is -2.20. The van der Waals surface area contributed by atoms with Crippen molar-refractivity contribution in [2.45, 2.75) is 32.1 Å². The second kappa shape index (κ2) is 10.4. The summed E-state index contributed by atoms with van der Waals surface area (Å²) in [6, 6.07) is 17.7. The van der Waals surface area contributed by atoms with Crippen LogP contribution < -0.4 is 11.0 Å². The van der Waals surface area contributed by atoms with Crippen LogP contribution in [-0.2, 0) is 17.9 Å². The van der Waals surface area contributed by atoms with Gasteiger partial charge in [-0.2, -0.15) is 5.26 Å². The predicted octanol–water partition coefficient (Wildman–Crippen LogP) is 3.83. The van der Waals surface area contributed by atoms with Gasteiger partial charge in [-0.25, -0.2) is 14.3 Å². The molecule has 0 aliphatic rings. The SMILES string of the molecule is Cc1c(C#N)c(NC(=O)CSc2n[nH]c(=O)n2Cc2ccccc2)n(Cc2ccc(F)cc2)c1C. The Morgan fingerprint density at radius 3 is 2.43 bits per heavy atom. The Morgan fingerprint density at radius 1 is 1.09 bits per heavy atom. The number of benzene rings is 2. The first-order valence-corrected chi connectivity index (χ1v) is 11.8. The molecule has 10 heteroatoms. The number of amides is 1. The summed E-state index contributed by atoms with van der Waals surface area (Å²) >= 11 is 1.13. The van der Waals surface area contributed by atoms with Gasteiger partial charge in [0.1, 0.15) is 17.7 Å². The molecule has 2 heterocycles. The Kier molecular flexibility index (Phi) is 7.17. The van der Waals surface area contributed by atoms with Crippen LogP contribution in [0.2, 0.25) is 0 Å². The molecule has 0 bridgehead atoms. The summed E-state index contributed by atoms with van der Waals surface area (Å²) in [5.74, 6) is -0.294. The number of carbonyl (C=O) groups excluding carboxylic acids is 1. The number of thioether (sulfide) groups is 1. The smallest absolute Gasteiger partial charge is 0.326 e. The lowest BCUT2D eigenvalue weighted by molar-refractivity contribution is -0.113. The molecule has 0 saturated carbocycles. The van der Waals surface area contributed by atoms with E-state index in [1.165, 1.54) is 16.7 Å². The summed E-state index contributed by atoms with van der Waals surface area (Å²) in [6.07, 6.45) is 0. The number of aromatic amines is 1. The van der Waals surface area contributed by atoms with E-state index in [0.717, 1.165) is 34.1 Å². The molecule has 1 amide bonds. The van der Waals surface area contributed by atoms with Crippen molar-refractivity contribution in [1.82, 2.24) is 19.3 Å². The average Bonchev–Trinajstić information content (AvgIpc) is 3.31. The average molecular weight is 491 g/mol. The van der Waals surface area contributed by atoms with Crippen LogP contribution >= 0.6 is 11.8 Å². The lowest BCUT2D eigenvalue weighted by Gasteiger charge is -2.13. The van der Waals surface area contributed by atoms with Crippen LogP contribution in [0.3, 0.4) is 0 Å². The standard InChI is InChI=1S/C25H23FN6O2S/c1-16-17(2)31(13-19-8-10-20(26)11-9-19)23(21(16)12-27)28-22(33)15-35-25-30-29-24(34)32(25)14-18-6-4-3-5-7-18/h3-11H,13-15H2,1-2H3,(H,28,33)(H,29,34). The second-order valence-corrected chi connectivity index (χ2v) is 8.92. The molecule has 178 valence electrons. The van der Waals surface area contributed by atoms with E-state index in [1.807, 2.05) is 48.7 Å². The first kappa shape index (κ1) is 24.0. The summed E-state index contributed by atoms with van der Waals surface area (Å²) in [7, 11) is 0. The molecule has 35 heavy (non-hydrogen) atoms. The zero-order valence-corrected chi connectivity index (χ0v) is 20.0. The molecule has 0 spiro atoms. The Hall–Kier alpha value is -4.10. The van der Waals surface area contributed by atoms with Crippen molar-refractivity contribution in [2.75, 3.05) is 11.1 Å². The molecule has 8 nitrogen and oxygen atoms in total. The van der Waals surface area contributed by atoms with Gasteiger partial charge >= 0.3 is 5.69 Å². The van der Waals surface area contributed by atoms with Gasteiger partial charge in [0.25, 0.3) is 0 Å². The van der Waals surface area contributed by atoms with Crippen molar-refractivity contribution in [3.63, 3.8) is 0 Å². The molecule has 0 fully saturated rings. The van der Waals surface area contributed by atoms with Crippen molar-refractivity contribution in [3.05, 3.63) is 98.8 Å². The third-order valence-corrected chi connectivity index (χ3v) is 6.67. The van der Waals surface area contributed by atoms with Gasteiger partial charge < -0.3 is 9.88 Å². The number of halogens is 1. The summed E-state index contributed by atoms with van der Waals surface area (Å²) in [5.41, 5.74) is 3.39. The van der Waals surface area contributed by atoms with Crippen LogP contribution in [0.4, 0.5) is 10.2 Å². The van der Waals surface area contributed by atoms with E-state index < -0.39 is 0 Å². The van der Waals surface area contributed by atoms with E-state index in [9.17, 15) is 19.2 Å². The molecule has 4 rings (SSSR count). The van der Waals surface area contributed by atoms with E-state index in [1.54, 1.807) is 12.1 Å². The molecule has 0 saturated heterocycles. The maximum absolute atomic E-state index is 13.3. The summed E-state index contributed by atoms with van der Waals surface area (Å²) < 4.78 is 16.6. The van der Waals surface area contributed by atoms with Crippen molar-refractivity contribution >= 4 is 23.5 Å². The minimum Gasteiger partial charge on any atom is -0.326 e. The van der Waals surface area contributed by atoms with Crippen molar-refractivity contribution in [2.24, 2.45) is 0 Å². The highest BCUT2D eigenvalue weighted by Gasteiger charge is 2.20. The van der Waals surface area contributed by atoms with E-state index in [2.05, 4.69) is 21.6 Å². The van der Waals surface area contributed by atoms with Crippen LogP contribution in [0.5, 0.6) is 0 Å². The molecule has 0 atom stereocenters. The van der Waals surface area contributed by atoms with E-state index in [-0.39, 0.29) is 23.2 Å². The van der Waals surface area contributed by atoms with Gasteiger partial charge in [-0.15, -0.1) is 5.10 Å². The van der Waals surface area contributed by atoms with Crippen LogP contribution in [0.25, 0.3) is 0 Å². The molecule has 4 aromatic rings. The quantitative estimate of drug-likeness (QED) is 0.365. The second-order valence-electron chi connectivity index (χ2n) is 7.98. The van der Waals surface area contributed by atoms with Crippen molar-refractivity contribution in [1.29, 1.82) is 5.26 Å². The largest absolute Gasteiger partial charge is 0.344 e. The Bertz CT molecular complexity index is 1450. The molecule has 2 aromatic heterocycles. The first-order chi connectivity index (χ1) is 16.9. The number of hydrogen-bond donors (Lipinski definition) is 2. The van der Waals surface area contributed by atoms with E-state index in [0.29, 0.717) is 29.6 Å². The van der Waals surface area contributed by atoms with Gasteiger partial charge in [0, 0.05) is 12.2 Å². The third-order valence-electron chi connectivity index (χ3n) is 5.69. The number of nitrogens with one attached hydrogen (secondary N) is 2.